The van der Waals surface area contributed by atoms with Crippen LogP contribution in [-0.2, 0) is 0 Å². The van der Waals surface area contributed by atoms with Crippen LogP contribution < -0.4 is 5.32 Å². The van der Waals surface area contributed by atoms with Gasteiger partial charge in [-0.2, -0.15) is 0 Å². The SMILES string of the molecule is CC(O)(CO)CNc1cccc2nccn12. The first-order valence-corrected chi connectivity index (χ1v) is 5.12. The van der Waals surface area contributed by atoms with Gasteiger partial charge in [-0.3, -0.25) is 4.40 Å². The molecule has 86 valence electrons. The third-order valence-electron chi connectivity index (χ3n) is 2.42. The Morgan fingerprint density at radius 1 is 1.50 bits per heavy atom. The van der Waals surface area contributed by atoms with Gasteiger partial charge in [0.1, 0.15) is 17.1 Å². The number of aromatic nitrogens is 2. The van der Waals surface area contributed by atoms with Crippen LogP contribution in [0.3, 0.4) is 0 Å². The zero-order valence-electron chi connectivity index (χ0n) is 9.09. The minimum Gasteiger partial charge on any atom is -0.393 e. The Morgan fingerprint density at radius 2 is 2.31 bits per heavy atom. The summed E-state index contributed by atoms with van der Waals surface area (Å²) in [5.74, 6) is 0.837. The fourth-order valence-corrected chi connectivity index (χ4v) is 1.43. The highest BCUT2D eigenvalue weighted by Gasteiger charge is 2.18. The minimum absolute atomic E-state index is 0.278. The van der Waals surface area contributed by atoms with Crippen molar-refractivity contribution in [2.75, 3.05) is 18.5 Å². The fourth-order valence-electron chi connectivity index (χ4n) is 1.43. The van der Waals surface area contributed by atoms with Crippen molar-refractivity contribution in [1.82, 2.24) is 9.38 Å². The van der Waals surface area contributed by atoms with Crippen LogP contribution in [0.1, 0.15) is 6.92 Å². The minimum atomic E-state index is -1.12. The zero-order valence-corrected chi connectivity index (χ0v) is 9.09. The average molecular weight is 221 g/mol. The van der Waals surface area contributed by atoms with E-state index < -0.39 is 5.60 Å². The van der Waals surface area contributed by atoms with Gasteiger partial charge in [-0.05, 0) is 19.1 Å². The van der Waals surface area contributed by atoms with Crippen molar-refractivity contribution in [1.29, 1.82) is 0 Å². The number of hydrogen-bond donors (Lipinski definition) is 3. The van der Waals surface area contributed by atoms with Gasteiger partial charge in [0.2, 0.25) is 0 Å². The molecule has 16 heavy (non-hydrogen) atoms. The smallest absolute Gasteiger partial charge is 0.138 e. The van der Waals surface area contributed by atoms with E-state index in [4.69, 9.17) is 5.11 Å². The summed E-state index contributed by atoms with van der Waals surface area (Å²) in [6, 6.07) is 5.68. The molecular weight excluding hydrogens is 206 g/mol. The molecular formula is C11H15N3O2. The van der Waals surface area contributed by atoms with Crippen molar-refractivity contribution in [2.45, 2.75) is 12.5 Å². The van der Waals surface area contributed by atoms with E-state index >= 15 is 0 Å². The number of nitrogens with zero attached hydrogens (tertiary/aromatic N) is 2. The molecule has 2 rings (SSSR count). The molecule has 0 amide bonds. The van der Waals surface area contributed by atoms with Crippen LogP contribution in [0.4, 0.5) is 5.82 Å². The lowest BCUT2D eigenvalue weighted by molar-refractivity contribution is 0.0131. The van der Waals surface area contributed by atoms with E-state index in [-0.39, 0.29) is 13.2 Å². The van der Waals surface area contributed by atoms with Gasteiger partial charge in [-0.1, -0.05) is 6.07 Å². The monoisotopic (exact) mass is 221 g/mol. The molecule has 0 bridgehead atoms. The van der Waals surface area contributed by atoms with Crippen LogP contribution in [0.2, 0.25) is 0 Å². The predicted octanol–water partition coefficient (Wildman–Crippen LogP) is 0.489. The van der Waals surface area contributed by atoms with Crippen LogP contribution >= 0.6 is 0 Å². The van der Waals surface area contributed by atoms with Crippen LogP contribution in [0.5, 0.6) is 0 Å². The first kappa shape index (κ1) is 10.9. The standard InChI is InChI=1S/C11H15N3O2/c1-11(16,8-15)7-13-10-4-2-3-9-12-5-6-14(9)10/h2-6,13,15-16H,7-8H2,1H3. The van der Waals surface area contributed by atoms with Crippen LogP contribution in [0.15, 0.2) is 30.6 Å². The number of nitrogens with one attached hydrogen (secondary N) is 1. The maximum Gasteiger partial charge on any atom is 0.138 e. The number of imidazole rings is 1. The Morgan fingerprint density at radius 3 is 3.06 bits per heavy atom. The first-order valence-electron chi connectivity index (χ1n) is 5.12. The number of aliphatic hydroxyl groups excluding tert-OH is 1. The molecule has 5 nitrogen and oxygen atoms in total. The maximum atomic E-state index is 9.67. The number of aliphatic hydroxyl groups is 2. The van der Waals surface area contributed by atoms with Crippen molar-refractivity contribution in [3.63, 3.8) is 0 Å². The Balaban J connectivity index is 2.18. The van der Waals surface area contributed by atoms with Crippen molar-refractivity contribution in [3.8, 4) is 0 Å². The van der Waals surface area contributed by atoms with Crippen molar-refractivity contribution in [3.05, 3.63) is 30.6 Å². The van der Waals surface area contributed by atoms with E-state index in [1.165, 1.54) is 0 Å². The normalized spacial score (nSPS) is 14.9. The second-order valence-corrected chi connectivity index (χ2v) is 4.08. The molecule has 3 N–H and O–H groups in total. The van der Waals surface area contributed by atoms with Gasteiger partial charge in [-0.15, -0.1) is 0 Å². The van der Waals surface area contributed by atoms with E-state index in [1.807, 2.05) is 28.8 Å². The number of anilines is 1. The summed E-state index contributed by atoms with van der Waals surface area (Å²) in [7, 11) is 0. The largest absolute Gasteiger partial charge is 0.393 e. The Bertz CT molecular complexity index is 479. The molecule has 5 heteroatoms. The summed E-state index contributed by atoms with van der Waals surface area (Å²) in [5, 5.41) is 21.7. The highest BCUT2D eigenvalue weighted by Crippen LogP contribution is 2.12. The molecule has 0 aliphatic rings. The lowest BCUT2D eigenvalue weighted by atomic mass is 10.1. The summed E-state index contributed by atoms with van der Waals surface area (Å²) in [6.07, 6.45) is 3.55. The van der Waals surface area contributed by atoms with Gasteiger partial charge in [0.25, 0.3) is 0 Å². The lowest BCUT2D eigenvalue weighted by Crippen LogP contribution is -2.37. The molecule has 0 saturated heterocycles. The van der Waals surface area contributed by atoms with Crippen molar-refractivity contribution >= 4 is 11.5 Å². The molecule has 0 fully saturated rings. The molecule has 0 aliphatic heterocycles. The summed E-state index contributed by atoms with van der Waals surface area (Å²) in [5.41, 5.74) is -0.281. The van der Waals surface area contributed by atoms with Crippen LogP contribution in [0, 0.1) is 0 Å². The first-order chi connectivity index (χ1) is 7.62. The number of pyridine rings is 1. The Hall–Kier alpha value is -1.59. The Kier molecular flexibility index (Phi) is 2.80. The fraction of sp³-hybridized carbons (Fsp3) is 0.364. The van der Waals surface area contributed by atoms with Crippen molar-refractivity contribution < 1.29 is 10.2 Å². The second-order valence-electron chi connectivity index (χ2n) is 4.08. The molecule has 0 aliphatic carbocycles. The number of rotatable bonds is 4. The van der Waals surface area contributed by atoms with Gasteiger partial charge in [0, 0.05) is 18.9 Å². The molecule has 0 aromatic carbocycles. The zero-order chi connectivity index (χ0) is 11.6. The Labute approximate surface area is 93.4 Å². The highest BCUT2D eigenvalue weighted by molar-refractivity contribution is 5.49. The quantitative estimate of drug-likeness (QED) is 0.702. The summed E-state index contributed by atoms with van der Waals surface area (Å²) in [4.78, 5) is 4.16. The topological polar surface area (TPSA) is 69.8 Å². The molecule has 2 aromatic heterocycles. The van der Waals surface area contributed by atoms with Crippen molar-refractivity contribution in [2.24, 2.45) is 0 Å². The molecule has 1 unspecified atom stereocenters. The van der Waals surface area contributed by atoms with E-state index in [1.54, 1.807) is 13.1 Å². The molecule has 1 atom stereocenters. The third kappa shape index (κ3) is 2.15. The summed E-state index contributed by atoms with van der Waals surface area (Å²) in [6.45, 7) is 1.58. The molecule has 2 aromatic rings. The van der Waals surface area contributed by atoms with E-state index in [0.29, 0.717) is 0 Å². The molecule has 0 spiro atoms. The number of fused-ring (bicyclic) bond motifs is 1. The molecule has 0 saturated carbocycles. The second kappa shape index (κ2) is 4.11. The van der Waals surface area contributed by atoms with Gasteiger partial charge >= 0.3 is 0 Å². The number of hydrogen-bond acceptors (Lipinski definition) is 4. The lowest BCUT2D eigenvalue weighted by Gasteiger charge is -2.21. The maximum absolute atomic E-state index is 9.67. The molecule has 0 radical (unpaired) electrons. The molecule has 2 heterocycles. The van der Waals surface area contributed by atoms with Gasteiger partial charge in [-0.25, -0.2) is 4.98 Å². The van der Waals surface area contributed by atoms with Crippen LogP contribution in [-0.4, -0.2) is 38.4 Å². The van der Waals surface area contributed by atoms with E-state index in [0.717, 1.165) is 11.5 Å². The summed E-state index contributed by atoms with van der Waals surface area (Å²) < 4.78 is 1.88. The average Bonchev–Trinajstić information content (AvgIpc) is 2.75. The van der Waals surface area contributed by atoms with E-state index in [9.17, 15) is 5.11 Å². The summed E-state index contributed by atoms with van der Waals surface area (Å²) >= 11 is 0. The highest BCUT2D eigenvalue weighted by atomic mass is 16.3. The predicted molar refractivity (Wildman–Crippen MR) is 61.4 cm³/mol. The van der Waals surface area contributed by atoms with Gasteiger partial charge in [0.05, 0.1) is 6.61 Å². The van der Waals surface area contributed by atoms with Gasteiger partial charge in [0.15, 0.2) is 0 Å². The van der Waals surface area contributed by atoms with Gasteiger partial charge < -0.3 is 15.5 Å². The van der Waals surface area contributed by atoms with Crippen LogP contribution in [0.25, 0.3) is 5.65 Å². The third-order valence-corrected chi connectivity index (χ3v) is 2.42. The van der Waals surface area contributed by atoms with E-state index in [2.05, 4.69) is 10.3 Å².